The number of anilines is 1. The van der Waals surface area contributed by atoms with Gasteiger partial charge in [0, 0.05) is 23.8 Å². The lowest BCUT2D eigenvalue weighted by Gasteiger charge is -2.21. The van der Waals surface area contributed by atoms with Crippen LogP contribution in [0.5, 0.6) is 0 Å². The van der Waals surface area contributed by atoms with Crippen molar-refractivity contribution in [2.24, 2.45) is 0 Å². The Kier molecular flexibility index (Phi) is 7.14. The van der Waals surface area contributed by atoms with Crippen LogP contribution in [0.1, 0.15) is 32.3 Å². The third kappa shape index (κ3) is 4.87. The lowest BCUT2D eigenvalue weighted by atomic mass is 10.2. The molecule has 0 aliphatic rings. The van der Waals surface area contributed by atoms with E-state index >= 15 is 0 Å². The van der Waals surface area contributed by atoms with Gasteiger partial charge in [0.1, 0.15) is 0 Å². The fourth-order valence-corrected chi connectivity index (χ4v) is 2.29. The molecule has 0 radical (unpaired) electrons. The van der Waals surface area contributed by atoms with Crippen molar-refractivity contribution in [1.29, 1.82) is 0 Å². The Morgan fingerprint density at radius 2 is 1.78 bits per heavy atom. The quantitative estimate of drug-likeness (QED) is 0.761. The van der Waals surface area contributed by atoms with Gasteiger partial charge >= 0.3 is 0 Å². The zero-order chi connectivity index (χ0) is 13.4. The van der Waals surface area contributed by atoms with Crippen LogP contribution in [0.3, 0.4) is 0 Å². The summed E-state index contributed by atoms with van der Waals surface area (Å²) >= 11 is 6.10. The maximum absolute atomic E-state index is 6.10. The first-order valence-electron chi connectivity index (χ1n) is 6.90. The van der Waals surface area contributed by atoms with Crippen LogP contribution in [-0.2, 0) is 0 Å². The van der Waals surface area contributed by atoms with Gasteiger partial charge in [0.25, 0.3) is 0 Å². The molecule has 0 spiro atoms. The largest absolute Gasteiger partial charge is 0.384 e. The molecular formula is C15H25ClN2. The average Bonchev–Trinajstić information content (AvgIpc) is 2.35. The van der Waals surface area contributed by atoms with Crippen LogP contribution < -0.4 is 5.32 Å². The summed E-state index contributed by atoms with van der Waals surface area (Å²) in [6.45, 7) is 11.0. The van der Waals surface area contributed by atoms with Gasteiger partial charge in [0.15, 0.2) is 0 Å². The summed E-state index contributed by atoms with van der Waals surface area (Å²) in [7, 11) is 0. The average molecular weight is 269 g/mol. The van der Waals surface area contributed by atoms with E-state index in [0.29, 0.717) is 0 Å². The van der Waals surface area contributed by atoms with Gasteiger partial charge in [-0.1, -0.05) is 31.5 Å². The molecule has 0 atom stereocenters. The van der Waals surface area contributed by atoms with E-state index in [2.05, 4.69) is 37.1 Å². The van der Waals surface area contributed by atoms with Crippen molar-refractivity contribution in [3.63, 3.8) is 0 Å². The lowest BCUT2D eigenvalue weighted by Crippen LogP contribution is -2.30. The van der Waals surface area contributed by atoms with Gasteiger partial charge in [-0.05, 0) is 50.6 Å². The Balaban J connectivity index is 2.42. The minimum Gasteiger partial charge on any atom is -0.384 e. The zero-order valence-corrected chi connectivity index (χ0v) is 12.6. The second-order valence-electron chi connectivity index (χ2n) is 4.68. The number of hydrogen-bond donors (Lipinski definition) is 1. The molecule has 1 rings (SSSR count). The van der Waals surface area contributed by atoms with Crippen molar-refractivity contribution in [2.45, 2.75) is 33.6 Å². The van der Waals surface area contributed by atoms with E-state index < -0.39 is 0 Å². The van der Waals surface area contributed by atoms with Crippen LogP contribution in [0.25, 0.3) is 0 Å². The van der Waals surface area contributed by atoms with Gasteiger partial charge in [0.2, 0.25) is 0 Å². The van der Waals surface area contributed by atoms with Crippen molar-refractivity contribution in [3.8, 4) is 0 Å². The maximum Gasteiger partial charge on any atom is 0.0455 e. The highest BCUT2D eigenvalue weighted by Gasteiger charge is 2.04. The number of hydrogen-bond acceptors (Lipinski definition) is 2. The summed E-state index contributed by atoms with van der Waals surface area (Å²) < 4.78 is 0. The number of nitrogens with one attached hydrogen (secondary N) is 1. The van der Waals surface area contributed by atoms with Gasteiger partial charge in [-0.3, -0.25) is 0 Å². The summed E-state index contributed by atoms with van der Waals surface area (Å²) in [5, 5.41) is 4.31. The van der Waals surface area contributed by atoms with Gasteiger partial charge in [-0.2, -0.15) is 0 Å². The van der Waals surface area contributed by atoms with E-state index in [1.807, 2.05) is 12.1 Å². The Morgan fingerprint density at radius 1 is 1.11 bits per heavy atom. The smallest absolute Gasteiger partial charge is 0.0455 e. The first-order chi connectivity index (χ1) is 8.69. The first-order valence-corrected chi connectivity index (χ1v) is 7.28. The Labute approximate surface area is 116 Å². The summed E-state index contributed by atoms with van der Waals surface area (Å²) in [4.78, 5) is 2.51. The minimum absolute atomic E-state index is 0.832. The fourth-order valence-electron chi connectivity index (χ4n) is 2.12. The molecule has 1 aromatic carbocycles. The summed E-state index contributed by atoms with van der Waals surface area (Å²) in [5.41, 5.74) is 2.28. The lowest BCUT2D eigenvalue weighted by molar-refractivity contribution is 0.285. The SMILES string of the molecule is CCCN(CCC)CCNc1cccc(Cl)c1C. The number of benzene rings is 1. The molecule has 1 N–H and O–H groups in total. The molecule has 102 valence electrons. The van der Waals surface area contributed by atoms with Crippen molar-refractivity contribution in [2.75, 3.05) is 31.5 Å². The molecule has 2 nitrogen and oxygen atoms in total. The monoisotopic (exact) mass is 268 g/mol. The van der Waals surface area contributed by atoms with E-state index in [4.69, 9.17) is 11.6 Å². The Hall–Kier alpha value is -0.730. The van der Waals surface area contributed by atoms with Crippen molar-refractivity contribution < 1.29 is 0 Å². The highest BCUT2D eigenvalue weighted by molar-refractivity contribution is 6.31. The molecule has 0 bridgehead atoms. The van der Waals surface area contributed by atoms with Gasteiger partial charge < -0.3 is 10.2 Å². The summed E-state index contributed by atoms with van der Waals surface area (Å²) in [6.07, 6.45) is 2.44. The number of halogens is 1. The molecule has 0 saturated heterocycles. The van der Waals surface area contributed by atoms with Crippen molar-refractivity contribution in [1.82, 2.24) is 4.90 Å². The second kappa shape index (κ2) is 8.39. The van der Waals surface area contributed by atoms with E-state index in [1.165, 1.54) is 25.9 Å². The first kappa shape index (κ1) is 15.3. The van der Waals surface area contributed by atoms with E-state index in [0.717, 1.165) is 29.4 Å². The molecule has 1 aromatic rings. The molecule has 3 heteroatoms. The third-order valence-electron chi connectivity index (χ3n) is 3.09. The molecular weight excluding hydrogens is 244 g/mol. The van der Waals surface area contributed by atoms with Crippen molar-refractivity contribution in [3.05, 3.63) is 28.8 Å². The molecule has 0 fully saturated rings. The van der Waals surface area contributed by atoms with Gasteiger partial charge in [0.05, 0.1) is 0 Å². The Bertz CT molecular complexity index is 346. The molecule has 0 aromatic heterocycles. The molecule has 0 saturated carbocycles. The number of nitrogens with zero attached hydrogens (tertiary/aromatic N) is 1. The minimum atomic E-state index is 0.832. The molecule has 0 aliphatic carbocycles. The van der Waals surface area contributed by atoms with Gasteiger partial charge in [-0.15, -0.1) is 0 Å². The van der Waals surface area contributed by atoms with Gasteiger partial charge in [-0.25, -0.2) is 0 Å². The normalized spacial score (nSPS) is 10.9. The predicted molar refractivity (Wildman–Crippen MR) is 81.7 cm³/mol. The predicted octanol–water partition coefficient (Wildman–Crippen LogP) is 4.18. The van der Waals surface area contributed by atoms with Crippen LogP contribution in [0, 0.1) is 6.92 Å². The fraction of sp³-hybridized carbons (Fsp3) is 0.600. The van der Waals surface area contributed by atoms with Crippen LogP contribution in [0.2, 0.25) is 5.02 Å². The maximum atomic E-state index is 6.10. The number of rotatable bonds is 8. The van der Waals surface area contributed by atoms with Crippen LogP contribution in [-0.4, -0.2) is 31.1 Å². The molecule has 0 unspecified atom stereocenters. The summed E-state index contributed by atoms with van der Waals surface area (Å²) in [6, 6.07) is 6.02. The molecule has 0 amide bonds. The molecule has 0 heterocycles. The zero-order valence-electron chi connectivity index (χ0n) is 11.8. The standard InChI is InChI=1S/C15H25ClN2/c1-4-10-18(11-5-2)12-9-17-15-8-6-7-14(16)13(15)3/h6-8,17H,4-5,9-12H2,1-3H3. The Morgan fingerprint density at radius 3 is 2.39 bits per heavy atom. The van der Waals surface area contributed by atoms with Crippen LogP contribution in [0.15, 0.2) is 18.2 Å². The van der Waals surface area contributed by atoms with E-state index in [-0.39, 0.29) is 0 Å². The highest BCUT2D eigenvalue weighted by atomic mass is 35.5. The van der Waals surface area contributed by atoms with E-state index in [1.54, 1.807) is 0 Å². The third-order valence-corrected chi connectivity index (χ3v) is 3.50. The molecule has 0 aliphatic heterocycles. The highest BCUT2D eigenvalue weighted by Crippen LogP contribution is 2.22. The topological polar surface area (TPSA) is 15.3 Å². The van der Waals surface area contributed by atoms with Crippen LogP contribution >= 0.6 is 11.6 Å². The summed E-state index contributed by atoms with van der Waals surface area (Å²) in [5.74, 6) is 0. The van der Waals surface area contributed by atoms with Crippen molar-refractivity contribution >= 4 is 17.3 Å². The second-order valence-corrected chi connectivity index (χ2v) is 5.09. The molecule has 18 heavy (non-hydrogen) atoms. The van der Waals surface area contributed by atoms with E-state index in [9.17, 15) is 0 Å². The van der Waals surface area contributed by atoms with Crippen LogP contribution in [0.4, 0.5) is 5.69 Å².